The highest BCUT2D eigenvalue weighted by molar-refractivity contribution is 5.69. The van der Waals surface area contributed by atoms with Gasteiger partial charge < -0.3 is 14.9 Å². The predicted molar refractivity (Wildman–Crippen MR) is 136 cm³/mol. The summed E-state index contributed by atoms with van der Waals surface area (Å²) in [6, 6.07) is 0. The lowest BCUT2D eigenvalue weighted by Gasteiger charge is -2.23. The Bertz CT molecular complexity index is 452. The van der Waals surface area contributed by atoms with E-state index in [1.807, 2.05) is 0 Å². The largest absolute Gasteiger partial charge is 0.481 e. The van der Waals surface area contributed by atoms with Gasteiger partial charge in [-0.15, -0.1) is 0 Å². The maximum absolute atomic E-state index is 12.4. The molecule has 0 amide bonds. The molecule has 0 spiro atoms. The molecule has 5 heteroatoms. The fraction of sp³-hybridized carbons (Fsp3) is 0.929. The Hall–Kier alpha value is -1.10. The zero-order valence-corrected chi connectivity index (χ0v) is 21.8. The van der Waals surface area contributed by atoms with E-state index in [9.17, 15) is 14.7 Å². The molecule has 196 valence electrons. The van der Waals surface area contributed by atoms with Gasteiger partial charge in [-0.05, 0) is 32.1 Å². The predicted octanol–water partition coefficient (Wildman–Crippen LogP) is 7.97. The number of esters is 1. The molecule has 0 heterocycles. The van der Waals surface area contributed by atoms with Gasteiger partial charge in [0.25, 0.3) is 0 Å². The third-order valence-corrected chi connectivity index (χ3v) is 6.43. The Balaban J connectivity index is 4.23. The molecule has 0 aromatic carbocycles. The zero-order chi connectivity index (χ0) is 24.6. The molecule has 0 aliphatic carbocycles. The standard InChI is InChI=1S/C28H54O5/c1-3-5-7-9-11-16-20-24-28(32)33-26(22-18-14-10-8-6-4-2)25(29)21-17-13-12-15-19-23-27(30)31/h25-26,29H,3-24H2,1-2H3,(H,30,31). The molecule has 0 aliphatic heterocycles. The fourth-order valence-electron chi connectivity index (χ4n) is 4.26. The lowest BCUT2D eigenvalue weighted by Crippen LogP contribution is -2.31. The Kier molecular flexibility index (Phi) is 23.2. The average molecular weight is 471 g/mol. The van der Waals surface area contributed by atoms with Crippen molar-refractivity contribution in [1.82, 2.24) is 0 Å². The molecule has 2 atom stereocenters. The molecule has 0 aromatic rings. The molecule has 0 saturated carbocycles. The molecule has 0 bridgehead atoms. The first kappa shape index (κ1) is 31.9. The fourth-order valence-corrected chi connectivity index (χ4v) is 4.26. The first-order valence-corrected chi connectivity index (χ1v) is 14.1. The highest BCUT2D eigenvalue weighted by Gasteiger charge is 2.22. The molecule has 2 N–H and O–H groups in total. The maximum atomic E-state index is 12.4. The van der Waals surface area contributed by atoms with Crippen molar-refractivity contribution in [3.8, 4) is 0 Å². The third kappa shape index (κ3) is 22.5. The highest BCUT2D eigenvalue weighted by atomic mass is 16.6. The molecule has 0 rings (SSSR count). The van der Waals surface area contributed by atoms with Crippen LogP contribution in [0.4, 0.5) is 0 Å². The van der Waals surface area contributed by atoms with Crippen LogP contribution in [0.15, 0.2) is 0 Å². The molecular weight excluding hydrogens is 416 g/mol. The topological polar surface area (TPSA) is 83.8 Å². The van der Waals surface area contributed by atoms with Gasteiger partial charge in [0.15, 0.2) is 0 Å². The van der Waals surface area contributed by atoms with Crippen LogP contribution >= 0.6 is 0 Å². The van der Waals surface area contributed by atoms with Crippen LogP contribution < -0.4 is 0 Å². The summed E-state index contributed by atoms with van der Waals surface area (Å²) in [5, 5.41) is 19.4. The van der Waals surface area contributed by atoms with Gasteiger partial charge in [0.2, 0.25) is 0 Å². The van der Waals surface area contributed by atoms with Gasteiger partial charge in [-0.1, -0.05) is 110 Å². The van der Waals surface area contributed by atoms with Crippen LogP contribution in [0, 0.1) is 0 Å². The first-order valence-electron chi connectivity index (χ1n) is 14.1. The van der Waals surface area contributed by atoms with Gasteiger partial charge in [0.05, 0.1) is 6.10 Å². The zero-order valence-electron chi connectivity index (χ0n) is 21.8. The summed E-state index contributed by atoms with van der Waals surface area (Å²) in [4.78, 5) is 23.0. The summed E-state index contributed by atoms with van der Waals surface area (Å²) >= 11 is 0. The first-order chi connectivity index (χ1) is 16.0. The normalized spacial score (nSPS) is 13.1. The number of carbonyl (C=O) groups is 2. The number of hydrogen-bond donors (Lipinski definition) is 2. The van der Waals surface area contributed by atoms with E-state index >= 15 is 0 Å². The highest BCUT2D eigenvalue weighted by Crippen LogP contribution is 2.19. The molecule has 0 aromatic heterocycles. The number of rotatable bonds is 25. The van der Waals surface area contributed by atoms with Crippen LogP contribution in [0.25, 0.3) is 0 Å². The van der Waals surface area contributed by atoms with E-state index in [2.05, 4.69) is 13.8 Å². The summed E-state index contributed by atoms with van der Waals surface area (Å²) in [6.45, 7) is 4.43. The molecule has 0 aliphatic rings. The van der Waals surface area contributed by atoms with E-state index in [1.165, 1.54) is 57.8 Å². The number of carbonyl (C=O) groups excluding carboxylic acids is 1. The number of aliphatic carboxylic acids is 1. The monoisotopic (exact) mass is 470 g/mol. The number of hydrogen-bond acceptors (Lipinski definition) is 4. The Morgan fingerprint density at radius 1 is 0.606 bits per heavy atom. The summed E-state index contributed by atoms with van der Waals surface area (Å²) in [7, 11) is 0. The second-order valence-corrected chi connectivity index (χ2v) is 9.72. The van der Waals surface area contributed by atoms with Gasteiger partial charge in [-0.3, -0.25) is 9.59 Å². The molecule has 2 unspecified atom stereocenters. The number of aliphatic hydroxyl groups is 1. The van der Waals surface area contributed by atoms with Crippen molar-refractivity contribution in [2.75, 3.05) is 0 Å². The SMILES string of the molecule is CCCCCCCCCC(=O)OC(CCCCCCCC)C(O)CCCCCCCC(=O)O. The lowest BCUT2D eigenvalue weighted by molar-refractivity contribution is -0.156. The van der Waals surface area contributed by atoms with Crippen molar-refractivity contribution in [3.63, 3.8) is 0 Å². The summed E-state index contributed by atoms with van der Waals surface area (Å²) in [6.07, 6.45) is 20.9. The quantitative estimate of drug-likeness (QED) is 0.104. The number of carboxylic acid groups (broad SMARTS) is 1. The third-order valence-electron chi connectivity index (χ3n) is 6.43. The van der Waals surface area contributed by atoms with Crippen molar-refractivity contribution < 1.29 is 24.5 Å². The second kappa shape index (κ2) is 24.0. The minimum Gasteiger partial charge on any atom is -0.481 e. The Labute approximate surface area is 204 Å². The Morgan fingerprint density at radius 3 is 1.55 bits per heavy atom. The van der Waals surface area contributed by atoms with Gasteiger partial charge in [0, 0.05) is 12.8 Å². The van der Waals surface area contributed by atoms with Crippen molar-refractivity contribution in [2.24, 2.45) is 0 Å². The maximum Gasteiger partial charge on any atom is 0.306 e. The van der Waals surface area contributed by atoms with Crippen molar-refractivity contribution in [2.45, 2.75) is 167 Å². The minimum absolute atomic E-state index is 0.160. The van der Waals surface area contributed by atoms with E-state index in [0.29, 0.717) is 12.8 Å². The summed E-state index contributed by atoms with van der Waals surface area (Å²) in [5.41, 5.74) is 0. The van der Waals surface area contributed by atoms with Gasteiger partial charge in [0.1, 0.15) is 6.10 Å². The van der Waals surface area contributed by atoms with Crippen LogP contribution in [0.2, 0.25) is 0 Å². The van der Waals surface area contributed by atoms with Crippen LogP contribution in [-0.2, 0) is 14.3 Å². The Morgan fingerprint density at radius 2 is 1.03 bits per heavy atom. The van der Waals surface area contributed by atoms with E-state index in [0.717, 1.165) is 64.2 Å². The molecule has 0 fully saturated rings. The smallest absolute Gasteiger partial charge is 0.306 e. The number of aliphatic hydroxyl groups excluding tert-OH is 1. The molecular formula is C28H54O5. The van der Waals surface area contributed by atoms with Crippen LogP contribution in [0.1, 0.15) is 155 Å². The van der Waals surface area contributed by atoms with Gasteiger partial charge >= 0.3 is 11.9 Å². The van der Waals surface area contributed by atoms with E-state index in [1.54, 1.807) is 0 Å². The van der Waals surface area contributed by atoms with Gasteiger partial charge in [-0.2, -0.15) is 0 Å². The van der Waals surface area contributed by atoms with Gasteiger partial charge in [-0.25, -0.2) is 0 Å². The van der Waals surface area contributed by atoms with Crippen LogP contribution in [0.3, 0.4) is 0 Å². The number of unbranched alkanes of at least 4 members (excludes halogenated alkanes) is 15. The number of carboxylic acids is 1. The van der Waals surface area contributed by atoms with E-state index in [-0.39, 0.29) is 18.5 Å². The molecule has 0 radical (unpaired) electrons. The number of ether oxygens (including phenoxy) is 1. The van der Waals surface area contributed by atoms with Crippen molar-refractivity contribution in [3.05, 3.63) is 0 Å². The summed E-state index contributed by atoms with van der Waals surface area (Å²) in [5.74, 6) is -0.895. The van der Waals surface area contributed by atoms with Crippen LogP contribution in [-0.4, -0.2) is 34.4 Å². The average Bonchev–Trinajstić information content (AvgIpc) is 2.79. The summed E-state index contributed by atoms with van der Waals surface area (Å²) < 4.78 is 5.75. The molecule has 33 heavy (non-hydrogen) atoms. The minimum atomic E-state index is -0.735. The lowest BCUT2D eigenvalue weighted by atomic mass is 9.99. The van der Waals surface area contributed by atoms with Crippen molar-refractivity contribution >= 4 is 11.9 Å². The van der Waals surface area contributed by atoms with Crippen LogP contribution in [0.5, 0.6) is 0 Å². The molecule has 0 saturated heterocycles. The van der Waals surface area contributed by atoms with Crippen molar-refractivity contribution in [1.29, 1.82) is 0 Å². The molecule has 5 nitrogen and oxygen atoms in total. The second-order valence-electron chi connectivity index (χ2n) is 9.72. The van der Waals surface area contributed by atoms with E-state index in [4.69, 9.17) is 9.84 Å². The van der Waals surface area contributed by atoms with E-state index < -0.39 is 12.1 Å².